The number of unbranched alkanes of at least 4 members (excludes halogenated alkanes) is 1. The van der Waals surface area contributed by atoms with E-state index in [1.165, 1.54) is 0 Å². The minimum absolute atomic E-state index is 0.0347. The van der Waals surface area contributed by atoms with Gasteiger partial charge in [-0.3, -0.25) is 19.2 Å². The van der Waals surface area contributed by atoms with E-state index in [9.17, 15) is 40.8 Å². The lowest BCUT2D eigenvalue weighted by Crippen LogP contribution is -2.55. The molecule has 4 aromatic rings. The summed E-state index contributed by atoms with van der Waals surface area (Å²) in [6, 6.07) is 16.2. The number of alkyl halides is 3. The minimum Gasteiger partial charge on any atom is -0.492 e. The van der Waals surface area contributed by atoms with Crippen LogP contribution in [0.3, 0.4) is 0 Å². The quantitative estimate of drug-likeness (QED) is 0.154. The van der Waals surface area contributed by atoms with Crippen molar-refractivity contribution in [1.29, 1.82) is 0 Å². The average Bonchev–Trinajstić information content (AvgIpc) is 3.90. The van der Waals surface area contributed by atoms with Gasteiger partial charge in [0.1, 0.15) is 30.1 Å². The monoisotopic (exact) mass is 845 g/mol. The number of nitrogens with one attached hydrogen (secondary N) is 4. The molecule has 5 rings (SSSR count). The van der Waals surface area contributed by atoms with Crippen LogP contribution in [0.15, 0.2) is 86.8 Å². The Kier molecular flexibility index (Phi) is 15.6. The first kappa shape index (κ1) is 44.4. The number of nitrogens with zero attached hydrogens (tertiary/aromatic N) is 2. The first-order valence-electron chi connectivity index (χ1n) is 19.0. The number of hydrogen-bond acceptors (Lipinski definition) is 11. The molecule has 2 atom stereocenters. The smallest absolute Gasteiger partial charge is 0.452 e. The van der Waals surface area contributed by atoms with E-state index >= 15 is 0 Å². The van der Waals surface area contributed by atoms with Gasteiger partial charge in [0.25, 0.3) is 10.0 Å². The van der Waals surface area contributed by atoms with Crippen molar-refractivity contribution >= 4 is 33.7 Å². The molecule has 2 bridgehead atoms. The molecule has 0 saturated heterocycles. The van der Waals surface area contributed by atoms with Crippen LogP contribution < -0.4 is 31.7 Å². The fourth-order valence-electron chi connectivity index (χ4n) is 6.16. The highest BCUT2D eigenvalue weighted by Gasteiger charge is 2.37. The normalized spacial score (nSPS) is 18.8. The lowest BCUT2D eigenvalue weighted by atomic mass is 10.0. The predicted octanol–water partition coefficient (Wildman–Crippen LogP) is 2.93. The Labute approximate surface area is 338 Å². The Bertz CT molecular complexity index is 2150. The van der Waals surface area contributed by atoms with Gasteiger partial charge in [0.2, 0.25) is 34.5 Å². The van der Waals surface area contributed by atoms with Crippen LogP contribution in [0.4, 0.5) is 13.2 Å². The first-order valence-corrected chi connectivity index (χ1v) is 20.4. The molecular formula is C39H46F3N7O9S. The molecule has 4 amide bonds. The van der Waals surface area contributed by atoms with Crippen LogP contribution in [0, 0.1) is 0 Å². The zero-order valence-corrected chi connectivity index (χ0v) is 32.8. The molecule has 2 aromatic carbocycles. The molecule has 0 unspecified atom stereocenters. The van der Waals surface area contributed by atoms with E-state index < -0.39 is 62.8 Å². The molecule has 318 valence electrons. The second-order valence-corrected chi connectivity index (χ2v) is 15.5. The number of hydrogen-bond donors (Lipinski definition) is 5. The van der Waals surface area contributed by atoms with Gasteiger partial charge in [0.05, 0.1) is 13.0 Å². The molecule has 2 aromatic heterocycles. The Morgan fingerprint density at radius 3 is 2.39 bits per heavy atom. The van der Waals surface area contributed by atoms with Crippen LogP contribution in [-0.2, 0) is 48.2 Å². The number of amides is 4. The van der Waals surface area contributed by atoms with Gasteiger partial charge in [-0.2, -0.15) is 17.5 Å². The molecule has 0 aliphatic carbocycles. The number of rotatable bonds is 9. The standard InChI is InChI=1S/C39H46F3N7O9S/c40-39(41,42)33-25-30(48-58-33)32-14-15-36(57-32)59(54,55)49-19-7-13-34(50)44-18-21-56-28-11-6-10-27(22-28)24-35(51)46-29(12-4-5-16-43)38(53)47-31(37(52)45-17-20-49)23-26-8-2-1-3-9-26/h1-3,6,8-11,14-15,22,25,29,31H,4-5,7,12-13,16-21,23-24,43H2,(H,44,50)(H,45,52)(H,46,51)(H,47,53)/t29-,31+/m0/s1. The van der Waals surface area contributed by atoms with Crippen LogP contribution in [0.1, 0.15) is 49.0 Å². The first-order chi connectivity index (χ1) is 28.2. The summed E-state index contributed by atoms with van der Waals surface area (Å²) >= 11 is 0. The Balaban J connectivity index is 1.39. The summed E-state index contributed by atoms with van der Waals surface area (Å²) in [6.45, 7) is -0.230. The van der Waals surface area contributed by atoms with E-state index in [0.717, 1.165) is 16.4 Å². The predicted molar refractivity (Wildman–Crippen MR) is 206 cm³/mol. The number of halogens is 3. The third-order valence-corrected chi connectivity index (χ3v) is 10.9. The van der Waals surface area contributed by atoms with E-state index in [0.29, 0.717) is 42.3 Å². The van der Waals surface area contributed by atoms with E-state index in [-0.39, 0.29) is 76.3 Å². The fraction of sp³-hybridized carbons (Fsp3) is 0.410. The maximum absolute atomic E-state index is 13.9. The maximum atomic E-state index is 13.9. The Hall–Kier alpha value is -5.73. The topological polar surface area (TPSA) is 228 Å². The highest BCUT2D eigenvalue weighted by atomic mass is 32.2. The molecule has 0 fully saturated rings. The zero-order valence-electron chi connectivity index (χ0n) is 32.0. The van der Waals surface area contributed by atoms with Crippen LogP contribution in [0.25, 0.3) is 11.5 Å². The van der Waals surface area contributed by atoms with Crippen molar-refractivity contribution in [1.82, 2.24) is 30.7 Å². The number of carbonyl (C=O) groups is 4. The van der Waals surface area contributed by atoms with E-state index in [2.05, 4.69) is 30.9 Å². The second kappa shape index (κ2) is 20.8. The van der Waals surface area contributed by atoms with E-state index in [1.54, 1.807) is 54.6 Å². The van der Waals surface area contributed by atoms with Gasteiger partial charge in [-0.1, -0.05) is 47.6 Å². The maximum Gasteiger partial charge on any atom is 0.452 e. The molecule has 0 radical (unpaired) electrons. The van der Waals surface area contributed by atoms with Crippen molar-refractivity contribution in [3.05, 3.63) is 89.7 Å². The molecule has 3 heterocycles. The number of benzene rings is 2. The number of ether oxygens (including phenoxy) is 1. The number of fused-ring (bicyclic) bond motifs is 2. The number of furan rings is 1. The Morgan fingerprint density at radius 2 is 1.64 bits per heavy atom. The van der Waals surface area contributed by atoms with Crippen molar-refractivity contribution in [2.24, 2.45) is 5.73 Å². The molecule has 6 N–H and O–H groups in total. The summed E-state index contributed by atoms with van der Waals surface area (Å²) in [6.07, 6.45) is -3.57. The van der Waals surface area contributed by atoms with Gasteiger partial charge in [-0.05, 0) is 67.6 Å². The van der Waals surface area contributed by atoms with Crippen molar-refractivity contribution in [3.8, 4) is 17.2 Å². The molecule has 1 aliphatic rings. The zero-order chi connectivity index (χ0) is 42.4. The van der Waals surface area contributed by atoms with Gasteiger partial charge >= 0.3 is 6.18 Å². The van der Waals surface area contributed by atoms with Gasteiger partial charge in [0, 0.05) is 38.5 Å². The van der Waals surface area contributed by atoms with Crippen molar-refractivity contribution in [2.45, 2.75) is 68.3 Å². The van der Waals surface area contributed by atoms with Gasteiger partial charge in [-0.15, -0.1) is 0 Å². The van der Waals surface area contributed by atoms with Crippen molar-refractivity contribution < 1.29 is 54.4 Å². The summed E-state index contributed by atoms with van der Waals surface area (Å²) in [5.74, 6) is -3.35. The van der Waals surface area contributed by atoms with Gasteiger partial charge in [0.15, 0.2) is 5.76 Å². The largest absolute Gasteiger partial charge is 0.492 e. The van der Waals surface area contributed by atoms with Gasteiger partial charge in [-0.25, -0.2) is 8.42 Å². The summed E-state index contributed by atoms with van der Waals surface area (Å²) in [5.41, 5.74) is 6.63. The van der Waals surface area contributed by atoms with Crippen LogP contribution >= 0.6 is 0 Å². The molecule has 59 heavy (non-hydrogen) atoms. The Morgan fingerprint density at radius 1 is 0.847 bits per heavy atom. The van der Waals surface area contributed by atoms with E-state index in [4.69, 9.17) is 14.9 Å². The number of sulfonamides is 1. The average molecular weight is 846 g/mol. The summed E-state index contributed by atoms with van der Waals surface area (Å²) in [7, 11) is -4.51. The van der Waals surface area contributed by atoms with Crippen molar-refractivity contribution in [3.63, 3.8) is 0 Å². The molecular weight excluding hydrogens is 800 g/mol. The molecule has 0 saturated carbocycles. The summed E-state index contributed by atoms with van der Waals surface area (Å²) in [5, 5.41) is 13.7. The van der Waals surface area contributed by atoms with Crippen LogP contribution in [0.2, 0.25) is 0 Å². The molecule has 0 spiro atoms. The van der Waals surface area contributed by atoms with Crippen molar-refractivity contribution in [2.75, 3.05) is 39.3 Å². The third kappa shape index (κ3) is 13.1. The highest BCUT2D eigenvalue weighted by molar-refractivity contribution is 7.89. The van der Waals surface area contributed by atoms with Gasteiger partial charge < -0.3 is 40.7 Å². The lowest BCUT2D eigenvalue weighted by Gasteiger charge is -2.25. The van der Waals surface area contributed by atoms with E-state index in [1.807, 2.05) is 0 Å². The fourth-order valence-corrected chi connectivity index (χ4v) is 7.55. The number of nitrogens with two attached hydrogens (primary N) is 1. The lowest BCUT2D eigenvalue weighted by molar-refractivity contribution is -0.155. The molecule has 16 nitrogen and oxygen atoms in total. The summed E-state index contributed by atoms with van der Waals surface area (Å²) in [4.78, 5) is 53.6. The number of aromatic nitrogens is 1. The third-order valence-electron chi connectivity index (χ3n) is 9.16. The highest BCUT2D eigenvalue weighted by Crippen LogP contribution is 2.33. The minimum atomic E-state index is -4.84. The van der Waals surface area contributed by atoms with Crippen LogP contribution in [0.5, 0.6) is 5.75 Å². The SMILES string of the molecule is NCCCC[C@@H]1NC(=O)Cc2cccc(c2)OCCNC(=O)CCCN(S(=O)(=O)c2ccc(-c3cc(C(F)(F)F)on3)o2)CCNC(=O)[C@@H](Cc2ccccc2)NC1=O. The molecule has 20 heteroatoms. The molecule has 1 aliphatic heterocycles. The number of carbonyl (C=O) groups excluding carboxylic acids is 4. The second-order valence-electron chi connectivity index (χ2n) is 13.7. The van der Waals surface area contributed by atoms with Crippen LogP contribution in [-0.4, -0.2) is 92.9 Å². The summed E-state index contributed by atoms with van der Waals surface area (Å²) < 4.78 is 83.7.